The quantitative estimate of drug-likeness (QED) is 0.692. The number of aromatic amines is 1. The molecule has 0 radical (unpaired) electrons. The molecule has 0 aliphatic rings. The first kappa shape index (κ1) is 11.3. The van der Waals surface area contributed by atoms with Crippen molar-refractivity contribution in [3.8, 4) is 11.3 Å². The molecule has 2 aromatic heterocycles. The van der Waals surface area contributed by atoms with Crippen LogP contribution >= 0.6 is 0 Å². The van der Waals surface area contributed by atoms with Gasteiger partial charge >= 0.3 is 5.69 Å². The van der Waals surface area contributed by atoms with E-state index in [2.05, 4.69) is 15.0 Å². The van der Waals surface area contributed by atoms with Crippen LogP contribution in [-0.2, 0) is 7.05 Å². The average molecular weight is 254 g/mol. The predicted octanol–water partition coefficient (Wildman–Crippen LogP) is 0.684. The van der Waals surface area contributed by atoms with Gasteiger partial charge in [-0.25, -0.2) is 14.8 Å². The summed E-state index contributed by atoms with van der Waals surface area (Å²) < 4.78 is 0.978. The molecule has 6 heteroatoms. The third-order valence-electron chi connectivity index (χ3n) is 2.88. The summed E-state index contributed by atoms with van der Waals surface area (Å²) in [5.41, 5.74) is 0.863. The van der Waals surface area contributed by atoms with Gasteiger partial charge in [-0.05, 0) is 0 Å². The summed E-state index contributed by atoms with van der Waals surface area (Å²) in [5.74, 6) is 0. The maximum Gasteiger partial charge on any atom is 0.329 e. The molecule has 0 fully saturated rings. The molecular formula is C13H10N4O2. The van der Waals surface area contributed by atoms with E-state index in [1.165, 1.54) is 13.2 Å². The predicted molar refractivity (Wildman–Crippen MR) is 70.8 cm³/mol. The van der Waals surface area contributed by atoms with Crippen molar-refractivity contribution < 1.29 is 0 Å². The van der Waals surface area contributed by atoms with Crippen LogP contribution in [0.15, 0.2) is 46.1 Å². The van der Waals surface area contributed by atoms with Crippen molar-refractivity contribution in [1.82, 2.24) is 19.5 Å². The smallest absolute Gasteiger partial charge is 0.290 e. The normalized spacial score (nSPS) is 10.8. The van der Waals surface area contributed by atoms with E-state index < -0.39 is 11.2 Å². The molecule has 0 saturated carbocycles. The summed E-state index contributed by atoms with van der Waals surface area (Å²) in [6.45, 7) is 0. The molecule has 94 valence electrons. The van der Waals surface area contributed by atoms with Gasteiger partial charge in [0.15, 0.2) is 11.2 Å². The number of H-pyrrole nitrogens is 1. The van der Waals surface area contributed by atoms with Crippen LogP contribution in [0, 0.1) is 0 Å². The van der Waals surface area contributed by atoms with Gasteiger partial charge < -0.3 is 0 Å². The Morgan fingerprint density at radius 3 is 2.63 bits per heavy atom. The molecule has 0 atom stereocenters. The van der Waals surface area contributed by atoms with Crippen LogP contribution in [0.3, 0.4) is 0 Å². The van der Waals surface area contributed by atoms with Crippen molar-refractivity contribution in [1.29, 1.82) is 0 Å². The summed E-state index contributed by atoms with van der Waals surface area (Å²) in [6, 6.07) is 9.42. The Hall–Kier alpha value is -2.76. The van der Waals surface area contributed by atoms with Crippen LogP contribution in [-0.4, -0.2) is 19.5 Å². The van der Waals surface area contributed by atoms with Gasteiger partial charge in [-0.3, -0.25) is 14.3 Å². The fourth-order valence-electron chi connectivity index (χ4n) is 1.81. The number of rotatable bonds is 1. The van der Waals surface area contributed by atoms with E-state index in [1.807, 2.05) is 30.3 Å². The van der Waals surface area contributed by atoms with Gasteiger partial charge in [0.05, 0.1) is 11.9 Å². The van der Waals surface area contributed by atoms with Crippen molar-refractivity contribution >= 4 is 11.2 Å². The fraction of sp³-hybridized carbons (Fsp3) is 0.0769. The lowest BCUT2D eigenvalue weighted by Gasteiger charge is -2.03. The van der Waals surface area contributed by atoms with E-state index in [0.29, 0.717) is 5.69 Å². The zero-order chi connectivity index (χ0) is 13.4. The number of aromatic nitrogens is 4. The number of hydrogen-bond acceptors (Lipinski definition) is 4. The Morgan fingerprint density at radius 2 is 1.89 bits per heavy atom. The molecule has 3 aromatic rings. The maximum absolute atomic E-state index is 12.0. The Bertz CT molecular complexity index is 865. The minimum atomic E-state index is -0.501. The fourth-order valence-corrected chi connectivity index (χ4v) is 1.81. The Labute approximate surface area is 107 Å². The third-order valence-corrected chi connectivity index (χ3v) is 2.88. The van der Waals surface area contributed by atoms with Crippen molar-refractivity contribution in [2.75, 3.05) is 0 Å². The summed E-state index contributed by atoms with van der Waals surface area (Å²) in [5, 5.41) is 0. The third kappa shape index (κ3) is 1.83. The molecule has 1 aromatic carbocycles. The van der Waals surface area contributed by atoms with Gasteiger partial charge in [-0.2, -0.15) is 0 Å². The molecule has 3 rings (SSSR count). The van der Waals surface area contributed by atoms with Crippen LogP contribution in [0.2, 0.25) is 0 Å². The molecule has 2 heterocycles. The number of nitrogens with zero attached hydrogens (tertiary/aromatic N) is 3. The molecule has 19 heavy (non-hydrogen) atoms. The largest absolute Gasteiger partial charge is 0.329 e. The lowest BCUT2D eigenvalue weighted by molar-refractivity contribution is 0.787. The first-order valence-corrected chi connectivity index (χ1v) is 5.68. The molecule has 0 bridgehead atoms. The SMILES string of the molecule is Cn1c(=O)[nH]c2ncc(-c3ccccc3)nc2c1=O. The van der Waals surface area contributed by atoms with Crippen molar-refractivity contribution in [2.45, 2.75) is 0 Å². The van der Waals surface area contributed by atoms with E-state index in [9.17, 15) is 9.59 Å². The molecule has 1 N–H and O–H groups in total. The van der Waals surface area contributed by atoms with Gasteiger partial charge in [0.2, 0.25) is 0 Å². The van der Waals surface area contributed by atoms with Crippen LogP contribution in [0.5, 0.6) is 0 Å². The second kappa shape index (κ2) is 4.16. The summed E-state index contributed by atoms with van der Waals surface area (Å²) in [7, 11) is 1.40. The second-order valence-corrected chi connectivity index (χ2v) is 4.11. The van der Waals surface area contributed by atoms with Gasteiger partial charge in [-0.1, -0.05) is 30.3 Å². The van der Waals surface area contributed by atoms with E-state index in [0.717, 1.165) is 10.1 Å². The molecular weight excluding hydrogens is 244 g/mol. The van der Waals surface area contributed by atoms with Crippen LogP contribution in [0.4, 0.5) is 0 Å². The average Bonchev–Trinajstić information content (AvgIpc) is 2.46. The highest BCUT2D eigenvalue weighted by molar-refractivity contribution is 5.72. The standard InChI is InChI=1S/C13H10N4O2/c1-17-12(18)10-11(16-13(17)19)14-7-9(15-10)8-5-3-2-4-6-8/h2-7H,1H3,(H,14,16,19). The molecule has 6 nitrogen and oxygen atoms in total. The number of benzene rings is 1. The van der Waals surface area contributed by atoms with Crippen LogP contribution in [0.25, 0.3) is 22.4 Å². The number of hydrogen-bond donors (Lipinski definition) is 1. The summed E-state index contributed by atoms with van der Waals surface area (Å²) in [6.07, 6.45) is 1.53. The van der Waals surface area contributed by atoms with Crippen molar-refractivity contribution in [2.24, 2.45) is 7.05 Å². The molecule has 0 spiro atoms. The highest BCUT2D eigenvalue weighted by Gasteiger charge is 2.08. The second-order valence-electron chi connectivity index (χ2n) is 4.11. The molecule has 0 unspecified atom stereocenters. The minimum absolute atomic E-state index is 0.156. The topological polar surface area (TPSA) is 80.6 Å². The highest BCUT2D eigenvalue weighted by Crippen LogP contribution is 2.15. The molecule has 0 amide bonds. The Balaban J connectivity index is 2.33. The Kier molecular flexibility index (Phi) is 2.49. The lowest BCUT2D eigenvalue weighted by atomic mass is 10.2. The van der Waals surface area contributed by atoms with Crippen molar-refractivity contribution in [3.05, 3.63) is 57.4 Å². The minimum Gasteiger partial charge on any atom is -0.290 e. The zero-order valence-corrected chi connectivity index (χ0v) is 10.1. The monoisotopic (exact) mass is 254 g/mol. The van der Waals surface area contributed by atoms with E-state index in [-0.39, 0.29) is 11.2 Å². The van der Waals surface area contributed by atoms with Crippen LogP contribution in [0.1, 0.15) is 0 Å². The van der Waals surface area contributed by atoms with Gasteiger partial charge in [0.25, 0.3) is 5.56 Å². The molecule has 0 saturated heterocycles. The van der Waals surface area contributed by atoms with Gasteiger partial charge in [-0.15, -0.1) is 0 Å². The van der Waals surface area contributed by atoms with Gasteiger partial charge in [0.1, 0.15) is 0 Å². The van der Waals surface area contributed by atoms with Crippen LogP contribution < -0.4 is 11.2 Å². The number of nitrogens with one attached hydrogen (secondary N) is 1. The van der Waals surface area contributed by atoms with Gasteiger partial charge in [0, 0.05) is 12.6 Å². The summed E-state index contributed by atoms with van der Waals surface area (Å²) in [4.78, 5) is 34.3. The maximum atomic E-state index is 12.0. The first-order valence-electron chi connectivity index (χ1n) is 5.68. The lowest BCUT2D eigenvalue weighted by Crippen LogP contribution is -2.33. The molecule has 0 aliphatic heterocycles. The first-order chi connectivity index (χ1) is 9.16. The van der Waals surface area contributed by atoms with E-state index >= 15 is 0 Å². The van der Waals surface area contributed by atoms with E-state index in [1.54, 1.807) is 0 Å². The summed E-state index contributed by atoms with van der Waals surface area (Å²) >= 11 is 0. The Morgan fingerprint density at radius 1 is 1.16 bits per heavy atom. The van der Waals surface area contributed by atoms with Crippen molar-refractivity contribution in [3.63, 3.8) is 0 Å². The molecule has 0 aliphatic carbocycles. The zero-order valence-electron chi connectivity index (χ0n) is 10.1. The number of fused-ring (bicyclic) bond motifs is 1. The van der Waals surface area contributed by atoms with E-state index in [4.69, 9.17) is 0 Å². The highest BCUT2D eigenvalue weighted by atomic mass is 16.2.